The molecule has 1 fully saturated rings. The molecule has 2 aromatic rings. The van der Waals surface area contributed by atoms with Gasteiger partial charge < -0.3 is 10.2 Å². The standard InChI is InChI=1S/C18H15F7N4O2/c1-28-7-9(8-6-26-29(2)14(8)18(23,24)25)12(16(28)31)15(30)27-11-5-3-4-10(19)13(11)17(20,21)22/h3-6,9,12H,7H2,1-2H3,(H,27,30)/t9-,12+/m1/s1. The fourth-order valence-corrected chi connectivity index (χ4v) is 3.67. The van der Waals surface area contributed by atoms with Crippen LogP contribution in [0.4, 0.5) is 36.4 Å². The molecule has 3 rings (SSSR count). The van der Waals surface area contributed by atoms with Crippen LogP contribution in [0.5, 0.6) is 0 Å². The first kappa shape index (κ1) is 22.6. The molecule has 31 heavy (non-hydrogen) atoms. The molecule has 13 heteroatoms. The smallest absolute Gasteiger partial charge is 0.344 e. The minimum Gasteiger partial charge on any atom is -0.344 e. The molecule has 2 atom stereocenters. The van der Waals surface area contributed by atoms with Crippen molar-refractivity contribution in [2.45, 2.75) is 18.3 Å². The van der Waals surface area contributed by atoms with E-state index in [2.05, 4.69) is 5.10 Å². The number of halogens is 7. The molecule has 1 N–H and O–H groups in total. The molecule has 2 amide bonds. The minimum atomic E-state index is -5.16. The third-order valence-electron chi connectivity index (χ3n) is 4.99. The number of anilines is 1. The lowest BCUT2D eigenvalue weighted by molar-refractivity contribution is -0.145. The van der Waals surface area contributed by atoms with Gasteiger partial charge in [-0.2, -0.15) is 31.4 Å². The van der Waals surface area contributed by atoms with Crippen LogP contribution >= 0.6 is 0 Å². The summed E-state index contributed by atoms with van der Waals surface area (Å²) in [6, 6.07) is 2.25. The second kappa shape index (κ2) is 7.54. The van der Waals surface area contributed by atoms with Gasteiger partial charge in [-0.15, -0.1) is 0 Å². The average Bonchev–Trinajstić information content (AvgIpc) is 3.14. The number of rotatable bonds is 3. The Hall–Kier alpha value is -3.12. The number of likely N-dealkylation sites (N-methyl/N-ethyl adjacent to an activating group) is 1. The van der Waals surface area contributed by atoms with Gasteiger partial charge in [0.15, 0.2) is 0 Å². The molecule has 1 aliphatic heterocycles. The van der Waals surface area contributed by atoms with E-state index in [1.807, 2.05) is 5.32 Å². The molecule has 6 nitrogen and oxygen atoms in total. The summed E-state index contributed by atoms with van der Waals surface area (Å²) in [7, 11) is 2.28. The predicted octanol–water partition coefficient (Wildman–Crippen LogP) is 3.41. The van der Waals surface area contributed by atoms with Crippen LogP contribution < -0.4 is 5.32 Å². The Balaban J connectivity index is 2.01. The van der Waals surface area contributed by atoms with Crippen LogP contribution in [0.2, 0.25) is 0 Å². The van der Waals surface area contributed by atoms with Gasteiger partial charge in [-0.3, -0.25) is 14.3 Å². The molecule has 2 heterocycles. The topological polar surface area (TPSA) is 67.2 Å². The van der Waals surface area contributed by atoms with Crippen molar-refractivity contribution < 1.29 is 40.3 Å². The van der Waals surface area contributed by atoms with Gasteiger partial charge in [-0.25, -0.2) is 4.39 Å². The van der Waals surface area contributed by atoms with E-state index in [1.54, 1.807) is 0 Å². The number of aryl methyl sites for hydroxylation is 1. The van der Waals surface area contributed by atoms with E-state index < -0.39 is 64.3 Å². The number of likely N-dealkylation sites (tertiary alicyclic amines) is 1. The molecule has 1 aromatic heterocycles. The lowest BCUT2D eigenvalue weighted by atomic mass is 9.87. The van der Waals surface area contributed by atoms with Crippen molar-refractivity contribution in [2.24, 2.45) is 13.0 Å². The average molecular weight is 452 g/mol. The number of carbonyl (C=O) groups excluding carboxylic acids is 2. The zero-order valence-electron chi connectivity index (χ0n) is 16.0. The maximum atomic E-state index is 13.8. The van der Waals surface area contributed by atoms with Crippen molar-refractivity contribution in [1.29, 1.82) is 0 Å². The quantitative estimate of drug-likeness (QED) is 0.574. The Morgan fingerprint density at radius 1 is 1.13 bits per heavy atom. The Morgan fingerprint density at radius 2 is 1.77 bits per heavy atom. The first-order chi connectivity index (χ1) is 14.2. The van der Waals surface area contributed by atoms with Crippen molar-refractivity contribution in [3.8, 4) is 0 Å². The van der Waals surface area contributed by atoms with Crippen LogP contribution in [0.15, 0.2) is 24.4 Å². The van der Waals surface area contributed by atoms with E-state index >= 15 is 0 Å². The van der Waals surface area contributed by atoms with Crippen LogP contribution in [-0.4, -0.2) is 40.1 Å². The first-order valence-electron chi connectivity index (χ1n) is 8.74. The number of nitrogens with zero attached hydrogens (tertiary/aromatic N) is 3. The SMILES string of the molecule is CN1C[C@H](c2cnn(C)c2C(F)(F)F)[C@@H](C(=O)Nc2cccc(F)c2C(F)(F)F)C1=O. The van der Waals surface area contributed by atoms with Gasteiger partial charge in [0, 0.05) is 32.1 Å². The zero-order valence-corrected chi connectivity index (χ0v) is 16.0. The number of hydrogen-bond donors (Lipinski definition) is 1. The monoisotopic (exact) mass is 452 g/mol. The molecule has 0 radical (unpaired) electrons. The van der Waals surface area contributed by atoms with Crippen molar-refractivity contribution >= 4 is 17.5 Å². The van der Waals surface area contributed by atoms with Crippen molar-refractivity contribution in [3.05, 3.63) is 47.0 Å². The summed E-state index contributed by atoms with van der Waals surface area (Å²) in [4.78, 5) is 26.3. The number of nitrogens with one attached hydrogen (secondary N) is 1. The molecular weight excluding hydrogens is 437 g/mol. The Labute approximate surface area is 170 Å². The number of alkyl halides is 6. The highest BCUT2D eigenvalue weighted by Crippen LogP contribution is 2.42. The lowest BCUT2D eigenvalue weighted by Gasteiger charge is -2.20. The highest BCUT2D eigenvalue weighted by Gasteiger charge is 2.49. The van der Waals surface area contributed by atoms with Gasteiger partial charge in [0.25, 0.3) is 0 Å². The number of benzene rings is 1. The van der Waals surface area contributed by atoms with E-state index in [4.69, 9.17) is 0 Å². The van der Waals surface area contributed by atoms with Crippen LogP contribution in [0.3, 0.4) is 0 Å². The largest absolute Gasteiger partial charge is 0.433 e. The van der Waals surface area contributed by atoms with Crippen LogP contribution in [0.1, 0.15) is 22.7 Å². The molecule has 1 saturated heterocycles. The summed E-state index contributed by atoms with van der Waals surface area (Å²) in [5, 5.41) is 5.41. The molecular formula is C18H15F7N4O2. The molecule has 0 spiro atoms. The maximum Gasteiger partial charge on any atom is 0.433 e. The van der Waals surface area contributed by atoms with Crippen LogP contribution in [-0.2, 0) is 29.0 Å². The second-order valence-corrected chi connectivity index (χ2v) is 7.02. The molecule has 168 valence electrons. The van der Waals surface area contributed by atoms with Gasteiger partial charge >= 0.3 is 12.4 Å². The summed E-state index contributed by atoms with van der Waals surface area (Å²) >= 11 is 0. The van der Waals surface area contributed by atoms with E-state index in [1.165, 1.54) is 7.05 Å². The highest BCUT2D eigenvalue weighted by atomic mass is 19.4. The summed E-state index contributed by atoms with van der Waals surface area (Å²) in [5.74, 6) is -6.91. The fourth-order valence-electron chi connectivity index (χ4n) is 3.67. The van der Waals surface area contributed by atoms with E-state index in [9.17, 15) is 40.3 Å². The van der Waals surface area contributed by atoms with E-state index in [0.717, 1.165) is 30.3 Å². The summed E-state index contributed by atoms with van der Waals surface area (Å²) in [6.45, 7) is -0.291. The van der Waals surface area contributed by atoms with Crippen molar-refractivity contribution in [2.75, 3.05) is 18.9 Å². The fraction of sp³-hybridized carbons (Fsp3) is 0.389. The minimum absolute atomic E-state index is 0.291. The first-order valence-corrected chi connectivity index (χ1v) is 8.74. The zero-order chi connectivity index (χ0) is 23.3. The molecule has 0 bridgehead atoms. The molecule has 1 aromatic carbocycles. The second-order valence-electron chi connectivity index (χ2n) is 7.02. The van der Waals surface area contributed by atoms with Crippen molar-refractivity contribution in [3.63, 3.8) is 0 Å². The van der Waals surface area contributed by atoms with Gasteiger partial charge in [-0.1, -0.05) is 6.07 Å². The Bertz CT molecular complexity index is 1030. The summed E-state index contributed by atoms with van der Waals surface area (Å²) in [6.07, 6.45) is -9.14. The molecule has 1 aliphatic rings. The third-order valence-corrected chi connectivity index (χ3v) is 4.99. The van der Waals surface area contributed by atoms with E-state index in [0.29, 0.717) is 10.7 Å². The Kier molecular flexibility index (Phi) is 5.48. The van der Waals surface area contributed by atoms with Crippen LogP contribution in [0, 0.1) is 11.7 Å². The molecule has 0 unspecified atom stereocenters. The number of aromatic nitrogens is 2. The van der Waals surface area contributed by atoms with Crippen LogP contribution in [0.25, 0.3) is 0 Å². The highest BCUT2D eigenvalue weighted by molar-refractivity contribution is 6.08. The lowest BCUT2D eigenvalue weighted by Crippen LogP contribution is -2.33. The van der Waals surface area contributed by atoms with Gasteiger partial charge in [-0.05, 0) is 12.1 Å². The number of hydrogen-bond acceptors (Lipinski definition) is 3. The summed E-state index contributed by atoms with van der Waals surface area (Å²) in [5.41, 5.74) is -4.32. The normalized spacial score (nSPS) is 19.8. The van der Waals surface area contributed by atoms with Gasteiger partial charge in [0.05, 0.1) is 11.9 Å². The molecule has 0 aliphatic carbocycles. The van der Waals surface area contributed by atoms with Gasteiger partial charge in [0.2, 0.25) is 11.8 Å². The number of amides is 2. The predicted molar refractivity (Wildman–Crippen MR) is 92.1 cm³/mol. The van der Waals surface area contributed by atoms with Gasteiger partial charge in [0.1, 0.15) is 23.0 Å². The summed E-state index contributed by atoms with van der Waals surface area (Å²) < 4.78 is 94.3. The molecule has 0 saturated carbocycles. The maximum absolute atomic E-state index is 13.8. The van der Waals surface area contributed by atoms with E-state index in [-0.39, 0.29) is 6.54 Å². The Morgan fingerprint density at radius 3 is 2.35 bits per heavy atom. The van der Waals surface area contributed by atoms with Crippen molar-refractivity contribution in [1.82, 2.24) is 14.7 Å². The third kappa shape index (κ3) is 4.08. The number of carbonyl (C=O) groups is 2.